The molecule has 2 aromatic rings. The molecule has 0 fully saturated rings. The molecule has 0 aliphatic rings. The maximum absolute atomic E-state index is 12.8. The van der Waals surface area contributed by atoms with E-state index in [-0.39, 0.29) is 0 Å². The van der Waals surface area contributed by atoms with Crippen LogP contribution in [0.15, 0.2) is 54.6 Å². The molecule has 0 aliphatic carbocycles. The Labute approximate surface area is 132 Å². The van der Waals surface area contributed by atoms with Crippen molar-refractivity contribution in [1.82, 2.24) is 5.32 Å². The highest BCUT2D eigenvalue weighted by Crippen LogP contribution is 2.31. The highest BCUT2D eigenvalue weighted by atomic mass is 19.4. The number of alkyl halides is 3. The van der Waals surface area contributed by atoms with E-state index in [1.807, 2.05) is 0 Å². The van der Waals surface area contributed by atoms with Crippen LogP contribution in [0.2, 0.25) is 0 Å². The van der Waals surface area contributed by atoms with Crippen molar-refractivity contribution in [2.24, 2.45) is 5.73 Å². The molecule has 122 valence electrons. The average Bonchev–Trinajstić information content (AvgIpc) is 2.52. The number of hydrogen-bond acceptors (Lipinski definition) is 2. The van der Waals surface area contributed by atoms with Crippen molar-refractivity contribution in [1.29, 1.82) is 0 Å². The third-order valence-electron chi connectivity index (χ3n) is 3.55. The fraction of sp³-hybridized carbons (Fsp3) is 0.235. The number of nitrogens with two attached hydrogens (primary N) is 1. The van der Waals surface area contributed by atoms with E-state index in [0.29, 0.717) is 11.1 Å². The third kappa shape index (κ3) is 4.32. The second-order valence-corrected chi connectivity index (χ2v) is 5.26. The van der Waals surface area contributed by atoms with E-state index < -0.39 is 29.7 Å². The lowest BCUT2D eigenvalue weighted by Gasteiger charge is -2.22. The zero-order valence-corrected chi connectivity index (χ0v) is 12.5. The first kappa shape index (κ1) is 17.0. The van der Waals surface area contributed by atoms with Crippen molar-refractivity contribution >= 4 is 5.91 Å². The molecule has 2 aromatic carbocycles. The standard InChI is InChI=1S/C17H17F3N2O/c1-11(13-8-5-9-14(10-13)17(18,19)20)22-15(16(21)23)12-6-3-2-4-7-12/h2-11,15,22H,1H3,(H2,21,23)/t11-,15+/m0/s1. The second kappa shape index (κ2) is 6.83. The number of amides is 1. The number of primary amides is 1. The van der Waals surface area contributed by atoms with Crippen molar-refractivity contribution in [3.05, 3.63) is 71.3 Å². The predicted molar refractivity (Wildman–Crippen MR) is 81.4 cm³/mol. The van der Waals surface area contributed by atoms with Crippen LogP contribution in [0.25, 0.3) is 0 Å². The van der Waals surface area contributed by atoms with Gasteiger partial charge in [-0.1, -0.05) is 42.5 Å². The Morgan fingerprint density at radius 3 is 2.22 bits per heavy atom. The Bertz CT molecular complexity index is 671. The highest BCUT2D eigenvalue weighted by Gasteiger charge is 2.31. The van der Waals surface area contributed by atoms with E-state index in [1.165, 1.54) is 6.07 Å². The summed E-state index contributed by atoms with van der Waals surface area (Å²) in [7, 11) is 0. The van der Waals surface area contributed by atoms with Crippen LogP contribution in [0.3, 0.4) is 0 Å². The van der Waals surface area contributed by atoms with Crippen molar-refractivity contribution in [2.45, 2.75) is 25.2 Å². The Kier molecular flexibility index (Phi) is 5.05. The van der Waals surface area contributed by atoms with Crippen LogP contribution in [0.1, 0.15) is 35.7 Å². The van der Waals surface area contributed by atoms with Gasteiger partial charge in [0, 0.05) is 6.04 Å². The zero-order chi connectivity index (χ0) is 17.0. The number of hydrogen-bond donors (Lipinski definition) is 2. The largest absolute Gasteiger partial charge is 0.416 e. The zero-order valence-electron chi connectivity index (χ0n) is 12.5. The second-order valence-electron chi connectivity index (χ2n) is 5.26. The summed E-state index contributed by atoms with van der Waals surface area (Å²) in [6.07, 6.45) is -4.40. The molecule has 0 heterocycles. The smallest absolute Gasteiger partial charge is 0.368 e. The number of benzene rings is 2. The van der Waals surface area contributed by atoms with E-state index in [9.17, 15) is 18.0 Å². The average molecular weight is 322 g/mol. The van der Waals surface area contributed by atoms with Crippen LogP contribution in [0.5, 0.6) is 0 Å². The Hall–Kier alpha value is -2.34. The van der Waals surface area contributed by atoms with E-state index in [4.69, 9.17) is 5.73 Å². The first-order chi connectivity index (χ1) is 10.8. The van der Waals surface area contributed by atoms with E-state index >= 15 is 0 Å². The molecule has 23 heavy (non-hydrogen) atoms. The molecular weight excluding hydrogens is 305 g/mol. The molecule has 1 amide bonds. The summed E-state index contributed by atoms with van der Waals surface area (Å²) in [6, 6.07) is 12.6. The van der Waals surface area contributed by atoms with Gasteiger partial charge in [-0.15, -0.1) is 0 Å². The summed E-state index contributed by atoms with van der Waals surface area (Å²) in [5.74, 6) is -0.588. The molecule has 0 saturated carbocycles. The summed E-state index contributed by atoms with van der Waals surface area (Å²) < 4.78 is 38.4. The molecule has 0 aromatic heterocycles. The molecule has 0 saturated heterocycles. The van der Waals surface area contributed by atoms with E-state index in [1.54, 1.807) is 43.3 Å². The number of carbonyl (C=O) groups excluding carboxylic acids is 1. The lowest BCUT2D eigenvalue weighted by molar-refractivity contribution is -0.137. The summed E-state index contributed by atoms with van der Waals surface area (Å²) >= 11 is 0. The fourth-order valence-corrected chi connectivity index (χ4v) is 2.32. The third-order valence-corrected chi connectivity index (χ3v) is 3.55. The normalized spacial score (nSPS) is 14.3. The van der Waals surface area contributed by atoms with E-state index in [2.05, 4.69) is 5.32 Å². The van der Waals surface area contributed by atoms with Gasteiger partial charge in [0.15, 0.2) is 0 Å². The molecular formula is C17H17F3N2O. The monoisotopic (exact) mass is 322 g/mol. The molecule has 2 atom stereocenters. The lowest BCUT2D eigenvalue weighted by atomic mass is 10.0. The van der Waals surface area contributed by atoms with Gasteiger partial charge in [-0.3, -0.25) is 10.1 Å². The minimum atomic E-state index is -4.40. The summed E-state index contributed by atoms with van der Waals surface area (Å²) in [6.45, 7) is 1.69. The number of carbonyl (C=O) groups is 1. The van der Waals surface area contributed by atoms with Crippen LogP contribution in [0, 0.1) is 0 Å². The van der Waals surface area contributed by atoms with Crippen molar-refractivity contribution in [3.63, 3.8) is 0 Å². The van der Waals surface area contributed by atoms with Gasteiger partial charge in [0.25, 0.3) is 0 Å². The summed E-state index contributed by atoms with van der Waals surface area (Å²) in [4.78, 5) is 11.7. The Balaban J connectivity index is 2.23. The maximum atomic E-state index is 12.8. The van der Waals surface area contributed by atoms with Crippen molar-refractivity contribution < 1.29 is 18.0 Å². The molecule has 0 radical (unpaired) electrons. The molecule has 0 unspecified atom stereocenters. The predicted octanol–water partition coefficient (Wildman–Crippen LogP) is 3.58. The van der Waals surface area contributed by atoms with Crippen LogP contribution < -0.4 is 11.1 Å². The maximum Gasteiger partial charge on any atom is 0.416 e. The van der Waals surface area contributed by atoms with Gasteiger partial charge < -0.3 is 5.73 Å². The van der Waals surface area contributed by atoms with Gasteiger partial charge in [-0.05, 0) is 30.2 Å². The van der Waals surface area contributed by atoms with Gasteiger partial charge in [0.2, 0.25) is 5.91 Å². The fourth-order valence-electron chi connectivity index (χ4n) is 2.32. The van der Waals surface area contributed by atoms with Gasteiger partial charge in [0.05, 0.1) is 5.56 Å². The van der Waals surface area contributed by atoms with Gasteiger partial charge >= 0.3 is 6.18 Å². The molecule has 2 rings (SSSR count). The van der Waals surface area contributed by atoms with Crippen LogP contribution in [0.4, 0.5) is 13.2 Å². The quantitative estimate of drug-likeness (QED) is 0.884. The lowest BCUT2D eigenvalue weighted by Crippen LogP contribution is -2.35. The molecule has 3 nitrogen and oxygen atoms in total. The van der Waals surface area contributed by atoms with Gasteiger partial charge in [-0.2, -0.15) is 13.2 Å². The van der Waals surface area contributed by atoms with Gasteiger partial charge in [-0.25, -0.2) is 0 Å². The first-order valence-corrected chi connectivity index (χ1v) is 7.06. The number of nitrogens with one attached hydrogen (secondary N) is 1. The number of rotatable bonds is 5. The van der Waals surface area contributed by atoms with E-state index in [0.717, 1.165) is 12.1 Å². The van der Waals surface area contributed by atoms with Crippen molar-refractivity contribution in [3.8, 4) is 0 Å². The van der Waals surface area contributed by atoms with Crippen LogP contribution >= 0.6 is 0 Å². The first-order valence-electron chi connectivity index (χ1n) is 7.06. The molecule has 0 aliphatic heterocycles. The van der Waals surface area contributed by atoms with Crippen molar-refractivity contribution in [2.75, 3.05) is 0 Å². The SMILES string of the molecule is C[C@H](N[C@@H](C(N)=O)c1ccccc1)c1cccc(C(F)(F)F)c1. The molecule has 3 N–H and O–H groups in total. The minimum Gasteiger partial charge on any atom is -0.368 e. The Morgan fingerprint density at radius 2 is 1.65 bits per heavy atom. The highest BCUT2D eigenvalue weighted by molar-refractivity contribution is 5.81. The van der Waals surface area contributed by atoms with Gasteiger partial charge in [0.1, 0.15) is 6.04 Å². The molecule has 6 heteroatoms. The van der Waals surface area contributed by atoms with Crippen LogP contribution in [-0.2, 0) is 11.0 Å². The molecule has 0 spiro atoms. The summed E-state index contributed by atoms with van der Waals surface area (Å²) in [5, 5.41) is 2.99. The molecule has 0 bridgehead atoms. The van der Waals surface area contributed by atoms with Crippen LogP contribution in [-0.4, -0.2) is 5.91 Å². The summed E-state index contributed by atoms with van der Waals surface area (Å²) in [5.41, 5.74) is 5.79. The minimum absolute atomic E-state index is 0.432. The Morgan fingerprint density at radius 1 is 1.04 bits per heavy atom. The number of halogens is 3. The topological polar surface area (TPSA) is 55.1 Å².